The van der Waals surface area contributed by atoms with Gasteiger partial charge >= 0.3 is 24.7 Å². The Morgan fingerprint density at radius 2 is 1.05 bits per heavy atom. The molecule has 1 nitrogen and oxygen atoms in total. The molecule has 2 N–H and O–H groups in total. The second-order valence-electron chi connectivity index (χ2n) is 3.69. The molecule has 9 heteroatoms. The number of anilines is 1. The summed E-state index contributed by atoms with van der Waals surface area (Å²) in [6, 6.07) is 0.559. The number of alkyl halides is 8. The van der Waals surface area contributed by atoms with E-state index in [0.29, 0.717) is 12.1 Å². The molecule has 0 heterocycles. The molecule has 0 aliphatic rings. The lowest BCUT2D eigenvalue weighted by Crippen LogP contribution is -2.27. The third kappa shape index (κ3) is 2.90. The van der Waals surface area contributed by atoms with E-state index in [1.807, 2.05) is 0 Å². The smallest absolute Gasteiger partial charge is 0.332 e. The minimum atomic E-state index is -4.76. The maximum atomic E-state index is 13.0. The quantitative estimate of drug-likeness (QED) is 0.659. The van der Waals surface area contributed by atoms with E-state index in [9.17, 15) is 35.1 Å². The van der Waals surface area contributed by atoms with Crippen LogP contribution in [0.15, 0.2) is 18.2 Å². The van der Waals surface area contributed by atoms with Crippen LogP contribution in [0.3, 0.4) is 0 Å². The number of rotatable bonds is 4. The molecular formula is C10H7F8N. The standard InChI is InChI=1S/C10H7F8N/c11-7(12)9(15,16)4-1-5(3-6(19)2-4)10(17,18)8(13)14/h1-3,7-8H,19H2. The predicted octanol–water partition coefficient (Wildman–Crippen LogP) is 3.98. The lowest BCUT2D eigenvalue weighted by Gasteiger charge is -2.20. The molecule has 1 aromatic rings. The van der Waals surface area contributed by atoms with Crippen molar-refractivity contribution in [1.29, 1.82) is 0 Å². The summed E-state index contributed by atoms with van der Waals surface area (Å²) in [5.41, 5.74) is 1.17. The van der Waals surface area contributed by atoms with Crippen LogP contribution in [0.25, 0.3) is 0 Å². The fourth-order valence-electron chi connectivity index (χ4n) is 1.29. The van der Waals surface area contributed by atoms with E-state index in [1.165, 1.54) is 0 Å². The molecule has 0 radical (unpaired) electrons. The molecule has 0 aliphatic heterocycles. The van der Waals surface area contributed by atoms with Crippen molar-refractivity contribution in [2.45, 2.75) is 24.7 Å². The first-order valence-electron chi connectivity index (χ1n) is 4.73. The van der Waals surface area contributed by atoms with Crippen molar-refractivity contribution in [3.63, 3.8) is 0 Å². The summed E-state index contributed by atoms with van der Waals surface area (Å²) in [6.07, 6.45) is -8.36. The summed E-state index contributed by atoms with van der Waals surface area (Å²) in [5.74, 6) is -9.52. The predicted molar refractivity (Wildman–Crippen MR) is 50.7 cm³/mol. The average Bonchev–Trinajstić information content (AvgIpc) is 2.27. The molecule has 108 valence electrons. The number of hydrogen-bond donors (Lipinski definition) is 1. The van der Waals surface area contributed by atoms with Gasteiger partial charge in [0, 0.05) is 16.8 Å². The topological polar surface area (TPSA) is 26.0 Å². The van der Waals surface area contributed by atoms with Crippen LogP contribution >= 0.6 is 0 Å². The molecule has 1 rings (SSSR count). The van der Waals surface area contributed by atoms with Crippen LogP contribution in [0.2, 0.25) is 0 Å². The summed E-state index contributed by atoms with van der Waals surface area (Å²) in [5, 5.41) is 0. The van der Waals surface area contributed by atoms with Gasteiger partial charge in [-0.1, -0.05) is 0 Å². The van der Waals surface area contributed by atoms with Gasteiger partial charge in [0.1, 0.15) is 0 Å². The molecule has 0 amide bonds. The number of benzene rings is 1. The zero-order valence-electron chi connectivity index (χ0n) is 8.99. The second-order valence-corrected chi connectivity index (χ2v) is 3.69. The third-order valence-corrected chi connectivity index (χ3v) is 2.27. The highest BCUT2D eigenvalue weighted by atomic mass is 19.3. The molecule has 0 saturated carbocycles. The normalized spacial score (nSPS) is 13.4. The van der Waals surface area contributed by atoms with Crippen LogP contribution in [0.4, 0.5) is 40.8 Å². The van der Waals surface area contributed by atoms with Crippen molar-refractivity contribution in [3.8, 4) is 0 Å². The van der Waals surface area contributed by atoms with Crippen molar-refractivity contribution in [1.82, 2.24) is 0 Å². The first kappa shape index (κ1) is 15.5. The van der Waals surface area contributed by atoms with Gasteiger partial charge in [-0.25, -0.2) is 17.6 Å². The van der Waals surface area contributed by atoms with Gasteiger partial charge in [-0.3, -0.25) is 0 Å². The average molecular weight is 293 g/mol. The Morgan fingerprint density at radius 1 is 0.737 bits per heavy atom. The number of hydrogen-bond acceptors (Lipinski definition) is 1. The van der Waals surface area contributed by atoms with E-state index < -0.39 is 41.5 Å². The van der Waals surface area contributed by atoms with Crippen LogP contribution in [-0.4, -0.2) is 12.9 Å². The lowest BCUT2D eigenvalue weighted by atomic mass is 10.0. The minimum Gasteiger partial charge on any atom is -0.399 e. The molecule has 1 aromatic carbocycles. The summed E-state index contributed by atoms with van der Waals surface area (Å²) in [7, 11) is 0. The monoisotopic (exact) mass is 293 g/mol. The van der Waals surface area contributed by atoms with Crippen molar-refractivity contribution in [2.75, 3.05) is 5.73 Å². The van der Waals surface area contributed by atoms with Crippen LogP contribution in [-0.2, 0) is 11.8 Å². The fourth-order valence-corrected chi connectivity index (χ4v) is 1.29. The summed E-state index contributed by atoms with van der Waals surface area (Å²) < 4.78 is 100. The number of nitrogen functional groups attached to an aromatic ring is 1. The van der Waals surface area contributed by atoms with Gasteiger partial charge in [0.2, 0.25) is 0 Å². The van der Waals surface area contributed by atoms with Crippen LogP contribution in [0.5, 0.6) is 0 Å². The van der Waals surface area contributed by atoms with Crippen molar-refractivity contribution in [2.24, 2.45) is 0 Å². The molecule has 0 fully saturated rings. The fraction of sp³-hybridized carbons (Fsp3) is 0.400. The molecule has 0 aliphatic carbocycles. The highest BCUT2D eigenvalue weighted by Crippen LogP contribution is 2.40. The van der Waals surface area contributed by atoms with E-state index in [0.717, 1.165) is 0 Å². The largest absolute Gasteiger partial charge is 0.399 e. The Balaban J connectivity index is 3.37. The Hall–Kier alpha value is -1.54. The molecule has 0 saturated heterocycles. The molecule has 19 heavy (non-hydrogen) atoms. The van der Waals surface area contributed by atoms with E-state index in [-0.39, 0.29) is 6.07 Å². The van der Waals surface area contributed by atoms with Crippen molar-refractivity contribution in [3.05, 3.63) is 29.3 Å². The van der Waals surface area contributed by atoms with Crippen molar-refractivity contribution < 1.29 is 35.1 Å². The van der Waals surface area contributed by atoms with Gasteiger partial charge in [-0.05, 0) is 18.2 Å². The van der Waals surface area contributed by atoms with Gasteiger partial charge in [0.05, 0.1) is 0 Å². The van der Waals surface area contributed by atoms with E-state index >= 15 is 0 Å². The molecule has 0 spiro atoms. The van der Waals surface area contributed by atoms with Crippen LogP contribution in [0.1, 0.15) is 11.1 Å². The Kier molecular flexibility index (Phi) is 3.97. The van der Waals surface area contributed by atoms with Gasteiger partial charge in [0.25, 0.3) is 0 Å². The SMILES string of the molecule is Nc1cc(C(F)(F)C(F)F)cc(C(F)(F)C(F)F)c1. The minimum absolute atomic E-state index is 0.103. The zero-order chi connectivity index (χ0) is 15.0. The third-order valence-electron chi connectivity index (χ3n) is 2.27. The van der Waals surface area contributed by atoms with Crippen LogP contribution < -0.4 is 5.73 Å². The van der Waals surface area contributed by atoms with Gasteiger partial charge < -0.3 is 5.73 Å². The van der Waals surface area contributed by atoms with Crippen molar-refractivity contribution >= 4 is 5.69 Å². The van der Waals surface area contributed by atoms with E-state index in [2.05, 4.69) is 0 Å². The van der Waals surface area contributed by atoms with Crippen LogP contribution in [0, 0.1) is 0 Å². The van der Waals surface area contributed by atoms with E-state index in [4.69, 9.17) is 5.73 Å². The maximum Gasteiger partial charge on any atom is 0.332 e. The summed E-state index contributed by atoms with van der Waals surface area (Å²) >= 11 is 0. The molecule has 0 bridgehead atoms. The highest BCUT2D eigenvalue weighted by Gasteiger charge is 2.47. The number of halogens is 8. The Labute approximate surface area is 102 Å². The molecular weight excluding hydrogens is 286 g/mol. The van der Waals surface area contributed by atoms with E-state index in [1.54, 1.807) is 0 Å². The molecule has 0 aromatic heterocycles. The van der Waals surface area contributed by atoms with Gasteiger partial charge in [-0.15, -0.1) is 0 Å². The summed E-state index contributed by atoms with van der Waals surface area (Å²) in [4.78, 5) is 0. The second kappa shape index (κ2) is 4.86. The van der Waals surface area contributed by atoms with Gasteiger partial charge in [0.15, 0.2) is 0 Å². The first-order valence-corrected chi connectivity index (χ1v) is 4.73. The highest BCUT2D eigenvalue weighted by molar-refractivity contribution is 5.47. The lowest BCUT2D eigenvalue weighted by molar-refractivity contribution is -0.140. The Bertz CT molecular complexity index is 419. The maximum absolute atomic E-state index is 13.0. The van der Waals surface area contributed by atoms with Gasteiger partial charge in [-0.2, -0.15) is 17.6 Å². The zero-order valence-corrected chi connectivity index (χ0v) is 8.99. The summed E-state index contributed by atoms with van der Waals surface area (Å²) in [6.45, 7) is 0. The first-order chi connectivity index (χ1) is 8.49. The molecule has 0 unspecified atom stereocenters. The molecule has 0 atom stereocenters. The number of nitrogens with two attached hydrogens (primary N) is 1. The Morgan fingerprint density at radius 3 is 1.32 bits per heavy atom.